The molecule has 3 amide bonds. The van der Waals surface area contributed by atoms with Crippen molar-refractivity contribution in [1.29, 1.82) is 0 Å². The van der Waals surface area contributed by atoms with Crippen LogP contribution in [0.2, 0.25) is 0 Å². The van der Waals surface area contributed by atoms with Gasteiger partial charge in [0.05, 0.1) is 6.04 Å². The summed E-state index contributed by atoms with van der Waals surface area (Å²) in [4.78, 5) is 28.4. The van der Waals surface area contributed by atoms with Crippen LogP contribution in [0.3, 0.4) is 0 Å². The average Bonchev–Trinajstić information content (AvgIpc) is 3.42. The maximum absolute atomic E-state index is 14.2. The first kappa shape index (κ1) is 17.5. The minimum atomic E-state index is -0.338. The summed E-state index contributed by atoms with van der Waals surface area (Å²) in [7, 11) is 0. The van der Waals surface area contributed by atoms with Gasteiger partial charge in [0.2, 0.25) is 0 Å². The molecule has 1 saturated carbocycles. The molecule has 1 heterocycles. The molecule has 1 N–H and O–H groups in total. The molecule has 2 aromatic carbocycles. The monoisotopic (exact) mass is 367 g/mol. The van der Waals surface area contributed by atoms with Crippen LogP contribution in [-0.4, -0.2) is 36.0 Å². The van der Waals surface area contributed by atoms with Gasteiger partial charge < -0.3 is 10.2 Å². The fourth-order valence-electron chi connectivity index (χ4n) is 3.63. The van der Waals surface area contributed by atoms with Crippen LogP contribution in [0.1, 0.15) is 41.7 Å². The van der Waals surface area contributed by atoms with Crippen LogP contribution in [0.25, 0.3) is 0 Å². The highest BCUT2D eigenvalue weighted by Gasteiger charge is 2.37. The Hall–Kier alpha value is -2.89. The molecule has 0 aromatic heterocycles. The molecule has 4 rings (SSSR count). The maximum Gasteiger partial charge on any atom is 0.321 e. The number of nitrogens with zero attached hydrogens (tertiary/aromatic N) is 2. The lowest BCUT2D eigenvalue weighted by Crippen LogP contribution is -2.36. The third-order valence-electron chi connectivity index (χ3n) is 5.23. The minimum Gasteiger partial charge on any atom is -0.336 e. The Morgan fingerprint density at radius 3 is 2.48 bits per heavy atom. The Kier molecular flexibility index (Phi) is 4.56. The number of hydrogen-bond donors (Lipinski definition) is 1. The number of urea groups is 1. The van der Waals surface area contributed by atoms with Crippen molar-refractivity contribution in [3.8, 4) is 0 Å². The maximum atomic E-state index is 14.2. The second kappa shape index (κ2) is 7.02. The third-order valence-corrected chi connectivity index (χ3v) is 5.23. The van der Waals surface area contributed by atoms with Gasteiger partial charge in [-0.1, -0.05) is 18.2 Å². The first-order chi connectivity index (χ1) is 13.1. The Morgan fingerprint density at radius 2 is 1.89 bits per heavy atom. The molecule has 0 spiro atoms. The molecule has 6 heteroatoms. The van der Waals surface area contributed by atoms with Crippen molar-refractivity contribution < 1.29 is 14.0 Å². The zero-order valence-electron chi connectivity index (χ0n) is 15.2. The van der Waals surface area contributed by atoms with Crippen LogP contribution in [0.4, 0.5) is 14.9 Å². The fraction of sp³-hybridized carbons (Fsp3) is 0.333. The second-order valence-corrected chi connectivity index (χ2v) is 7.07. The number of benzene rings is 2. The standard InChI is InChI=1S/C21H22FN3O2/c1-14(18-4-2-3-5-19(18)22)25(17-10-11-17)20(26)15-6-8-16(9-7-15)24-13-12-23-21(24)27/h2-9,14,17H,10-13H2,1H3,(H,23,27). The van der Waals surface area contributed by atoms with Gasteiger partial charge in [0.15, 0.2) is 0 Å². The number of hydrogen-bond acceptors (Lipinski definition) is 2. The highest BCUT2D eigenvalue weighted by Crippen LogP contribution is 2.36. The normalized spacial score (nSPS) is 17.6. The summed E-state index contributed by atoms with van der Waals surface area (Å²) < 4.78 is 14.2. The highest BCUT2D eigenvalue weighted by molar-refractivity contribution is 5.97. The van der Waals surface area contributed by atoms with Crippen LogP contribution in [0.5, 0.6) is 0 Å². The number of anilines is 1. The smallest absolute Gasteiger partial charge is 0.321 e. The zero-order chi connectivity index (χ0) is 19.0. The van der Waals surface area contributed by atoms with Crippen molar-refractivity contribution in [1.82, 2.24) is 10.2 Å². The lowest BCUT2D eigenvalue weighted by Gasteiger charge is -2.30. The minimum absolute atomic E-state index is 0.106. The van der Waals surface area contributed by atoms with Gasteiger partial charge in [-0.2, -0.15) is 0 Å². The molecule has 1 aliphatic carbocycles. The predicted molar refractivity (Wildman–Crippen MR) is 101 cm³/mol. The van der Waals surface area contributed by atoms with Gasteiger partial charge in [0.25, 0.3) is 5.91 Å². The number of rotatable bonds is 5. The molecule has 0 bridgehead atoms. The van der Waals surface area contributed by atoms with Crippen molar-refractivity contribution >= 4 is 17.6 Å². The van der Waals surface area contributed by atoms with Crippen molar-refractivity contribution in [2.24, 2.45) is 0 Å². The quantitative estimate of drug-likeness (QED) is 0.876. The molecule has 1 aliphatic heterocycles. The molecule has 1 atom stereocenters. The summed E-state index contributed by atoms with van der Waals surface area (Å²) in [6.45, 7) is 3.11. The topological polar surface area (TPSA) is 52.7 Å². The molecule has 1 unspecified atom stereocenters. The van der Waals surface area contributed by atoms with Crippen LogP contribution < -0.4 is 10.2 Å². The molecule has 2 fully saturated rings. The van der Waals surface area contributed by atoms with Crippen molar-refractivity contribution in [3.05, 3.63) is 65.5 Å². The van der Waals surface area contributed by atoms with Gasteiger partial charge in [0.1, 0.15) is 5.82 Å². The average molecular weight is 367 g/mol. The summed E-state index contributed by atoms with van der Waals surface area (Å²) in [5, 5.41) is 2.76. The van der Waals surface area contributed by atoms with Gasteiger partial charge in [-0.25, -0.2) is 9.18 Å². The third kappa shape index (κ3) is 3.39. The van der Waals surface area contributed by atoms with Crippen molar-refractivity contribution in [3.63, 3.8) is 0 Å². The van der Waals surface area contributed by atoms with E-state index in [0.29, 0.717) is 24.2 Å². The van der Waals surface area contributed by atoms with E-state index in [2.05, 4.69) is 5.32 Å². The Balaban J connectivity index is 1.57. The number of amides is 3. The molecule has 0 radical (unpaired) electrons. The van der Waals surface area contributed by atoms with E-state index in [4.69, 9.17) is 0 Å². The fourth-order valence-corrected chi connectivity index (χ4v) is 3.63. The van der Waals surface area contributed by atoms with Crippen LogP contribution in [-0.2, 0) is 0 Å². The number of carbonyl (C=O) groups is 2. The molecule has 1 saturated heterocycles. The van der Waals surface area contributed by atoms with E-state index < -0.39 is 0 Å². The van der Waals surface area contributed by atoms with Gasteiger partial charge >= 0.3 is 6.03 Å². The summed E-state index contributed by atoms with van der Waals surface area (Å²) in [6.07, 6.45) is 1.88. The van der Waals surface area contributed by atoms with Gasteiger partial charge in [-0.3, -0.25) is 9.69 Å². The highest BCUT2D eigenvalue weighted by atomic mass is 19.1. The van der Waals surface area contributed by atoms with Crippen molar-refractivity contribution in [2.45, 2.75) is 31.8 Å². The Bertz CT molecular complexity index is 864. The van der Waals surface area contributed by atoms with Gasteiger partial charge in [-0.05, 0) is 50.1 Å². The molecule has 2 aliphatic rings. The number of nitrogens with one attached hydrogen (secondary N) is 1. The predicted octanol–water partition coefficient (Wildman–Crippen LogP) is 3.72. The van der Waals surface area contributed by atoms with E-state index in [0.717, 1.165) is 18.5 Å². The van der Waals surface area contributed by atoms with Crippen LogP contribution in [0, 0.1) is 5.82 Å². The van der Waals surface area contributed by atoms with E-state index in [9.17, 15) is 14.0 Å². The van der Waals surface area contributed by atoms with Gasteiger partial charge in [-0.15, -0.1) is 0 Å². The summed E-state index contributed by atoms with van der Waals surface area (Å²) in [5.74, 6) is -0.399. The summed E-state index contributed by atoms with van der Waals surface area (Å²) >= 11 is 0. The molecular weight excluding hydrogens is 345 g/mol. The van der Waals surface area contributed by atoms with E-state index in [1.165, 1.54) is 6.07 Å². The van der Waals surface area contributed by atoms with Gasteiger partial charge in [0, 0.05) is 35.9 Å². The molecular formula is C21H22FN3O2. The first-order valence-electron chi connectivity index (χ1n) is 9.29. The molecule has 5 nitrogen and oxygen atoms in total. The summed E-state index contributed by atoms with van der Waals surface area (Å²) in [6, 6.07) is 13.4. The summed E-state index contributed by atoms with van der Waals surface area (Å²) in [5.41, 5.74) is 1.85. The van der Waals surface area contributed by atoms with Crippen LogP contribution in [0.15, 0.2) is 48.5 Å². The molecule has 2 aromatic rings. The van der Waals surface area contributed by atoms with Crippen molar-refractivity contribution in [2.75, 3.05) is 18.0 Å². The van der Waals surface area contributed by atoms with Crippen LogP contribution >= 0.6 is 0 Å². The van der Waals surface area contributed by atoms with E-state index >= 15 is 0 Å². The molecule has 27 heavy (non-hydrogen) atoms. The second-order valence-electron chi connectivity index (χ2n) is 7.07. The Labute approximate surface area is 157 Å². The lowest BCUT2D eigenvalue weighted by atomic mass is 10.0. The lowest BCUT2D eigenvalue weighted by molar-refractivity contribution is 0.0671. The SMILES string of the molecule is CC(c1ccccc1F)N(C(=O)c1ccc(N2CCNC2=O)cc1)C1CC1. The largest absolute Gasteiger partial charge is 0.336 e. The molecule has 140 valence electrons. The van der Waals surface area contributed by atoms with E-state index in [-0.39, 0.29) is 29.8 Å². The Morgan fingerprint density at radius 1 is 1.19 bits per heavy atom. The van der Waals surface area contributed by atoms with E-state index in [1.807, 2.05) is 6.92 Å². The number of carbonyl (C=O) groups excluding carboxylic acids is 2. The van der Waals surface area contributed by atoms with E-state index in [1.54, 1.807) is 52.3 Å². The first-order valence-corrected chi connectivity index (χ1v) is 9.29. The number of halogens is 1. The zero-order valence-corrected chi connectivity index (χ0v) is 15.2.